The molecule has 7 heteroatoms. The number of nitrogens with zero attached hydrogens (tertiary/aromatic N) is 5. The molecule has 2 N–H and O–H groups in total. The Morgan fingerprint density at radius 1 is 1.25 bits per heavy atom. The van der Waals surface area contributed by atoms with Crippen LogP contribution < -0.4 is 10.2 Å². The van der Waals surface area contributed by atoms with E-state index >= 15 is 0 Å². The van der Waals surface area contributed by atoms with Crippen molar-refractivity contribution in [2.24, 2.45) is 0 Å². The molecule has 1 aliphatic rings. The van der Waals surface area contributed by atoms with Crippen LogP contribution in [-0.2, 0) is 0 Å². The second-order valence-corrected chi connectivity index (χ2v) is 4.62. The highest BCUT2D eigenvalue weighted by molar-refractivity contribution is 5.52. The van der Waals surface area contributed by atoms with Gasteiger partial charge in [0.25, 0.3) is 0 Å². The number of anilines is 1. The molecular weight excluding hydrogens is 254 g/mol. The molecule has 7 nitrogen and oxygen atoms in total. The van der Waals surface area contributed by atoms with Crippen LogP contribution in [0.15, 0.2) is 18.3 Å². The second-order valence-electron chi connectivity index (χ2n) is 4.62. The maximum atomic E-state index is 8.76. The van der Waals surface area contributed by atoms with Crippen molar-refractivity contribution in [1.29, 1.82) is 5.26 Å². The highest BCUT2D eigenvalue weighted by Crippen LogP contribution is 2.16. The number of rotatable bonds is 2. The van der Waals surface area contributed by atoms with Crippen molar-refractivity contribution < 1.29 is 0 Å². The van der Waals surface area contributed by atoms with Gasteiger partial charge in [-0.15, -0.1) is 5.10 Å². The molecule has 2 aromatic rings. The van der Waals surface area contributed by atoms with Gasteiger partial charge in [0.05, 0.1) is 5.56 Å². The molecule has 2 aromatic heterocycles. The van der Waals surface area contributed by atoms with E-state index in [2.05, 4.69) is 30.4 Å². The number of aromatic nitrogens is 4. The molecule has 3 heterocycles. The first-order valence-corrected chi connectivity index (χ1v) is 6.61. The molecule has 0 saturated carbocycles. The fraction of sp³-hybridized carbons (Fsp3) is 0.385. The third-order valence-electron chi connectivity index (χ3n) is 3.23. The molecule has 0 aliphatic carbocycles. The van der Waals surface area contributed by atoms with Gasteiger partial charge in [0, 0.05) is 25.8 Å². The third-order valence-corrected chi connectivity index (χ3v) is 3.23. The Balaban J connectivity index is 1.80. The first-order chi connectivity index (χ1) is 9.86. The molecule has 102 valence electrons. The Kier molecular flexibility index (Phi) is 3.56. The summed E-state index contributed by atoms with van der Waals surface area (Å²) in [5, 5.41) is 19.3. The zero-order chi connectivity index (χ0) is 13.8. The fourth-order valence-corrected chi connectivity index (χ4v) is 2.15. The van der Waals surface area contributed by atoms with E-state index in [0.717, 1.165) is 32.6 Å². The maximum absolute atomic E-state index is 8.76. The van der Waals surface area contributed by atoms with Crippen LogP contribution in [0.1, 0.15) is 12.0 Å². The van der Waals surface area contributed by atoms with Gasteiger partial charge >= 0.3 is 0 Å². The van der Waals surface area contributed by atoms with E-state index in [9.17, 15) is 0 Å². The van der Waals surface area contributed by atoms with Crippen LogP contribution >= 0.6 is 0 Å². The lowest BCUT2D eigenvalue weighted by atomic mass is 10.2. The highest BCUT2D eigenvalue weighted by atomic mass is 15.4. The molecule has 0 atom stereocenters. The van der Waals surface area contributed by atoms with Crippen LogP contribution in [0.25, 0.3) is 11.5 Å². The molecule has 0 amide bonds. The normalized spacial score (nSPS) is 15.7. The number of nitrogens with one attached hydrogen (secondary N) is 2. The average Bonchev–Trinajstić information content (AvgIpc) is 2.83. The molecule has 1 saturated heterocycles. The number of H-pyrrole nitrogens is 1. The minimum atomic E-state index is 0.534. The van der Waals surface area contributed by atoms with Crippen LogP contribution in [0, 0.1) is 11.3 Å². The van der Waals surface area contributed by atoms with E-state index in [0.29, 0.717) is 23.0 Å². The Morgan fingerprint density at radius 3 is 3.00 bits per heavy atom. The lowest BCUT2D eigenvalue weighted by Crippen LogP contribution is -2.28. The molecule has 0 spiro atoms. The molecule has 0 radical (unpaired) electrons. The summed E-state index contributed by atoms with van der Waals surface area (Å²) in [6.45, 7) is 3.83. The zero-order valence-corrected chi connectivity index (χ0v) is 11.0. The second kappa shape index (κ2) is 5.67. The van der Waals surface area contributed by atoms with Crippen LogP contribution in [0.5, 0.6) is 0 Å². The smallest absolute Gasteiger partial charge is 0.245 e. The van der Waals surface area contributed by atoms with E-state index < -0.39 is 0 Å². The predicted octanol–water partition coefficient (Wildman–Crippen LogP) is 0.538. The summed E-state index contributed by atoms with van der Waals surface area (Å²) in [4.78, 5) is 10.9. The Morgan fingerprint density at radius 2 is 2.20 bits per heavy atom. The van der Waals surface area contributed by atoms with Gasteiger partial charge in [-0.05, 0) is 25.1 Å². The van der Waals surface area contributed by atoms with Crippen molar-refractivity contribution >= 4 is 5.95 Å². The molecule has 1 fully saturated rings. The van der Waals surface area contributed by atoms with Gasteiger partial charge in [-0.3, -0.25) is 10.1 Å². The number of pyridine rings is 1. The van der Waals surface area contributed by atoms with Crippen molar-refractivity contribution in [1.82, 2.24) is 25.5 Å². The van der Waals surface area contributed by atoms with Gasteiger partial charge in [0.1, 0.15) is 11.8 Å². The van der Waals surface area contributed by atoms with E-state index in [1.165, 1.54) is 6.20 Å². The molecule has 0 bridgehead atoms. The summed E-state index contributed by atoms with van der Waals surface area (Å²) in [7, 11) is 0. The standard InChI is InChI=1S/C13H15N7/c14-8-10-2-3-11(16-9-10)12-17-13(19-18-12)20-6-1-4-15-5-7-20/h2-3,9,15H,1,4-7H2,(H,17,18,19). The predicted molar refractivity (Wildman–Crippen MR) is 74.0 cm³/mol. The summed E-state index contributed by atoms with van der Waals surface area (Å²) >= 11 is 0. The fourth-order valence-electron chi connectivity index (χ4n) is 2.15. The summed E-state index contributed by atoms with van der Waals surface area (Å²) in [5.74, 6) is 1.33. The Hall–Kier alpha value is -2.46. The SMILES string of the molecule is N#Cc1ccc(-c2nc(N3CCCNCC3)n[nH]2)nc1. The van der Waals surface area contributed by atoms with E-state index in [4.69, 9.17) is 5.26 Å². The van der Waals surface area contributed by atoms with Crippen molar-refractivity contribution in [3.63, 3.8) is 0 Å². The quantitative estimate of drug-likeness (QED) is 0.826. The van der Waals surface area contributed by atoms with Crippen LogP contribution in [0.2, 0.25) is 0 Å². The topological polar surface area (TPSA) is 93.5 Å². The maximum Gasteiger partial charge on any atom is 0.245 e. The minimum absolute atomic E-state index is 0.534. The summed E-state index contributed by atoms with van der Waals surface area (Å²) in [6, 6.07) is 5.54. The van der Waals surface area contributed by atoms with Gasteiger partial charge < -0.3 is 10.2 Å². The molecule has 20 heavy (non-hydrogen) atoms. The van der Waals surface area contributed by atoms with Crippen molar-refractivity contribution in [2.45, 2.75) is 6.42 Å². The number of nitriles is 1. The lowest BCUT2D eigenvalue weighted by Gasteiger charge is -2.16. The van der Waals surface area contributed by atoms with Crippen molar-refractivity contribution in [3.05, 3.63) is 23.9 Å². The largest absolute Gasteiger partial charge is 0.338 e. The van der Waals surface area contributed by atoms with E-state index in [1.54, 1.807) is 12.1 Å². The first-order valence-electron chi connectivity index (χ1n) is 6.61. The molecule has 3 rings (SSSR count). The monoisotopic (exact) mass is 269 g/mol. The summed E-state index contributed by atoms with van der Waals surface area (Å²) < 4.78 is 0. The number of hydrogen-bond donors (Lipinski definition) is 2. The van der Waals surface area contributed by atoms with Gasteiger partial charge in [-0.1, -0.05) is 0 Å². The average molecular weight is 269 g/mol. The van der Waals surface area contributed by atoms with E-state index in [1.807, 2.05) is 6.07 Å². The molecule has 1 aliphatic heterocycles. The minimum Gasteiger partial charge on any atom is -0.338 e. The summed E-state index contributed by atoms with van der Waals surface area (Å²) in [6.07, 6.45) is 2.62. The third kappa shape index (κ3) is 2.60. The van der Waals surface area contributed by atoms with Gasteiger partial charge in [0.15, 0.2) is 5.82 Å². The van der Waals surface area contributed by atoms with E-state index in [-0.39, 0.29) is 0 Å². The van der Waals surface area contributed by atoms with Gasteiger partial charge in [-0.25, -0.2) is 0 Å². The van der Waals surface area contributed by atoms with Crippen LogP contribution in [-0.4, -0.2) is 46.3 Å². The van der Waals surface area contributed by atoms with Gasteiger partial charge in [0.2, 0.25) is 5.95 Å². The zero-order valence-electron chi connectivity index (χ0n) is 11.0. The lowest BCUT2D eigenvalue weighted by molar-refractivity contribution is 0.724. The summed E-state index contributed by atoms with van der Waals surface area (Å²) in [5.41, 5.74) is 1.22. The van der Waals surface area contributed by atoms with Crippen LogP contribution in [0.4, 0.5) is 5.95 Å². The molecule has 0 unspecified atom stereocenters. The number of hydrogen-bond acceptors (Lipinski definition) is 6. The van der Waals surface area contributed by atoms with Crippen molar-refractivity contribution in [3.8, 4) is 17.6 Å². The Labute approximate surface area is 116 Å². The highest BCUT2D eigenvalue weighted by Gasteiger charge is 2.15. The van der Waals surface area contributed by atoms with Crippen molar-refractivity contribution in [2.75, 3.05) is 31.1 Å². The van der Waals surface area contributed by atoms with Crippen LogP contribution in [0.3, 0.4) is 0 Å². The van der Waals surface area contributed by atoms with Gasteiger partial charge in [-0.2, -0.15) is 10.2 Å². The molecular formula is C13H15N7. The molecule has 0 aromatic carbocycles. The Bertz CT molecular complexity index is 602. The first kappa shape index (κ1) is 12.6. The number of aromatic amines is 1.